The fourth-order valence-corrected chi connectivity index (χ4v) is 2.71. The van der Waals surface area contributed by atoms with Crippen molar-refractivity contribution in [2.24, 2.45) is 0 Å². The molecule has 0 unspecified atom stereocenters. The topological polar surface area (TPSA) is 55.2 Å². The van der Waals surface area contributed by atoms with E-state index in [1.165, 1.54) is 12.8 Å². The largest absolute Gasteiger partial charge is 0.390 e. The van der Waals surface area contributed by atoms with Gasteiger partial charge in [-0.05, 0) is 25.8 Å². The second kappa shape index (κ2) is 6.25. The van der Waals surface area contributed by atoms with Gasteiger partial charge in [0.1, 0.15) is 5.60 Å². The number of rotatable bonds is 4. The molecule has 1 fully saturated rings. The minimum atomic E-state index is -0.337. The Morgan fingerprint density at radius 3 is 2.61 bits per heavy atom. The van der Waals surface area contributed by atoms with Crippen molar-refractivity contribution >= 4 is 0 Å². The van der Waals surface area contributed by atoms with E-state index in [2.05, 4.69) is 9.97 Å². The number of aliphatic hydroxyl groups is 1. The summed E-state index contributed by atoms with van der Waals surface area (Å²) in [5.41, 5.74) is 0.333. The first-order valence-corrected chi connectivity index (χ1v) is 6.88. The van der Waals surface area contributed by atoms with Gasteiger partial charge in [0.2, 0.25) is 0 Å². The van der Waals surface area contributed by atoms with Gasteiger partial charge in [-0.15, -0.1) is 0 Å². The summed E-state index contributed by atoms with van der Waals surface area (Å²) in [5, 5.41) is 9.20. The fourth-order valence-electron chi connectivity index (χ4n) is 2.71. The van der Waals surface area contributed by atoms with Crippen LogP contribution in [0.1, 0.15) is 57.0 Å². The van der Waals surface area contributed by atoms with E-state index in [0.29, 0.717) is 12.3 Å². The number of hydrogen-bond donors (Lipinski definition) is 1. The molecule has 0 aliphatic heterocycles. The molecule has 1 aliphatic carbocycles. The van der Waals surface area contributed by atoms with E-state index in [4.69, 9.17) is 4.74 Å². The van der Waals surface area contributed by atoms with Gasteiger partial charge in [0, 0.05) is 12.8 Å². The maximum atomic E-state index is 9.20. The van der Waals surface area contributed by atoms with Crippen molar-refractivity contribution in [3.8, 4) is 0 Å². The zero-order chi connectivity index (χ0) is 12.8. The minimum absolute atomic E-state index is 0.0439. The highest BCUT2D eigenvalue weighted by Gasteiger charge is 2.36. The van der Waals surface area contributed by atoms with Crippen molar-refractivity contribution < 1.29 is 9.84 Å². The first-order chi connectivity index (χ1) is 8.80. The number of nitrogens with zero attached hydrogens (tertiary/aromatic N) is 2. The molecule has 0 aromatic carbocycles. The highest BCUT2D eigenvalue weighted by molar-refractivity contribution is 5.09. The van der Waals surface area contributed by atoms with Crippen molar-refractivity contribution in [3.05, 3.63) is 23.8 Å². The summed E-state index contributed by atoms with van der Waals surface area (Å²) in [7, 11) is 0. The van der Waals surface area contributed by atoms with E-state index in [1.54, 1.807) is 12.3 Å². The molecule has 0 atom stereocenters. The molecular formula is C14H22N2O2. The second-order valence-corrected chi connectivity index (χ2v) is 4.87. The minimum Gasteiger partial charge on any atom is -0.390 e. The molecule has 4 heteroatoms. The van der Waals surface area contributed by atoms with Crippen molar-refractivity contribution in [1.82, 2.24) is 9.97 Å². The normalized spacial score (nSPS) is 19.4. The highest BCUT2D eigenvalue weighted by Crippen LogP contribution is 2.37. The van der Waals surface area contributed by atoms with Gasteiger partial charge in [0.05, 0.1) is 12.3 Å². The van der Waals surface area contributed by atoms with E-state index >= 15 is 0 Å². The number of aliphatic hydroxyl groups excluding tert-OH is 1. The molecule has 0 bridgehead atoms. The average molecular weight is 250 g/mol. The van der Waals surface area contributed by atoms with Crippen LogP contribution in [0.25, 0.3) is 0 Å². The van der Waals surface area contributed by atoms with Gasteiger partial charge in [0.15, 0.2) is 5.82 Å². The predicted octanol–water partition coefficient (Wildman–Crippen LogP) is 2.55. The summed E-state index contributed by atoms with van der Waals surface area (Å²) < 4.78 is 6.03. The van der Waals surface area contributed by atoms with Gasteiger partial charge in [-0.1, -0.05) is 25.7 Å². The molecule has 100 valence electrons. The van der Waals surface area contributed by atoms with E-state index in [-0.39, 0.29) is 12.2 Å². The molecule has 0 amide bonds. The lowest BCUT2D eigenvalue weighted by Gasteiger charge is -2.31. The van der Waals surface area contributed by atoms with Crippen LogP contribution in [0, 0.1) is 0 Å². The van der Waals surface area contributed by atoms with Gasteiger partial charge in [-0.25, -0.2) is 9.97 Å². The lowest BCUT2D eigenvalue weighted by atomic mass is 9.93. The standard InChI is InChI=1S/C14H22N2O2/c1-2-18-14(8-5-3-4-6-9-14)13-15-10-7-12(11-17)16-13/h7,10,17H,2-6,8-9,11H2,1H3. The Bertz CT molecular complexity index is 374. The van der Waals surface area contributed by atoms with Gasteiger partial charge < -0.3 is 9.84 Å². The zero-order valence-electron chi connectivity index (χ0n) is 11.1. The van der Waals surface area contributed by atoms with E-state index < -0.39 is 0 Å². The molecule has 1 saturated carbocycles. The number of ether oxygens (including phenoxy) is 1. The third-order valence-corrected chi connectivity index (χ3v) is 3.61. The monoisotopic (exact) mass is 250 g/mol. The SMILES string of the molecule is CCOC1(c2nccc(CO)n2)CCCCCC1. The van der Waals surface area contributed by atoms with Crippen LogP contribution >= 0.6 is 0 Å². The first-order valence-electron chi connectivity index (χ1n) is 6.88. The Morgan fingerprint density at radius 2 is 2.00 bits per heavy atom. The summed E-state index contributed by atoms with van der Waals surface area (Å²) in [5.74, 6) is 0.748. The Labute approximate surface area is 108 Å². The van der Waals surface area contributed by atoms with Crippen LogP contribution in [0.2, 0.25) is 0 Å². The van der Waals surface area contributed by atoms with Crippen LogP contribution in [-0.4, -0.2) is 21.7 Å². The third-order valence-electron chi connectivity index (χ3n) is 3.61. The molecule has 18 heavy (non-hydrogen) atoms. The van der Waals surface area contributed by atoms with Crippen molar-refractivity contribution in [3.63, 3.8) is 0 Å². The maximum absolute atomic E-state index is 9.20. The zero-order valence-corrected chi connectivity index (χ0v) is 11.1. The van der Waals surface area contributed by atoms with Crippen molar-refractivity contribution in [2.75, 3.05) is 6.61 Å². The summed E-state index contributed by atoms with van der Waals surface area (Å²) in [4.78, 5) is 8.86. The van der Waals surface area contributed by atoms with Crippen LogP contribution in [0.15, 0.2) is 12.3 Å². The van der Waals surface area contributed by atoms with E-state index in [1.807, 2.05) is 6.92 Å². The first kappa shape index (κ1) is 13.4. The van der Waals surface area contributed by atoms with Gasteiger partial charge in [0.25, 0.3) is 0 Å². The predicted molar refractivity (Wildman–Crippen MR) is 69.0 cm³/mol. The molecule has 1 N–H and O–H groups in total. The third kappa shape index (κ3) is 2.87. The summed E-state index contributed by atoms with van der Waals surface area (Å²) in [6, 6.07) is 1.75. The van der Waals surface area contributed by atoms with Crippen LogP contribution in [0.3, 0.4) is 0 Å². The van der Waals surface area contributed by atoms with Gasteiger partial charge in [-0.2, -0.15) is 0 Å². The van der Waals surface area contributed by atoms with Crippen LogP contribution in [0.4, 0.5) is 0 Å². The molecule has 0 radical (unpaired) electrons. The Hall–Kier alpha value is -1.00. The fraction of sp³-hybridized carbons (Fsp3) is 0.714. The molecule has 1 heterocycles. The molecular weight excluding hydrogens is 228 g/mol. The smallest absolute Gasteiger partial charge is 0.160 e. The lowest BCUT2D eigenvalue weighted by molar-refractivity contribution is -0.0626. The highest BCUT2D eigenvalue weighted by atomic mass is 16.5. The van der Waals surface area contributed by atoms with Gasteiger partial charge >= 0.3 is 0 Å². The molecule has 1 aromatic heterocycles. The molecule has 1 aromatic rings. The summed E-state index contributed by atoms with van der Waals surface area (Å²) in [6.45, 7) is 2.65. The molecule has 4 nitrogen and oxygen atoms in total. The van der Waals surface area contributed by atoms with Gasteiger partial charge in [-0.3, -0.25) is 0 Å². The molecule has 0 saturated heterocycles. The van der Waals surface area contributed by atoms with Crippen molar-refractivity contribution in [1.29, 1.82) is 0 Å². The molecule has 0 spiro atoms. The van der Waals surface area contributed by atoms with E-state index in [0.717, 1.165) is 31.5 Å². The van der Waals surface area contributed by atoms with Crippen molar-refractivity contribution in [2.45, 2.75) is 57.7 Å². The Morgan fingerprint density at radius 1 is 1.28 bits per heavy atom. The maximum Gasteiger partial charge on any atom is 0.160 e. The van der Waals surface area contributed by atoms with Crippen LogP contribution in [-0.2, 0) is 16.9 Å². The molecule has 1 aliphatic rings. The number of hydrogen-bond acceptors (Lipinski definition) is 4. The quantitative estimate of drug-likeness (QED) is 0.834. The lowest BCUT2D eigenvalue weighted by Crippen LogP contribution is -2.32. The second-order valence-electron chi connectivity index (χ2n) is 4.87. The molecule has 2 rings (SSSR count). The average Bonchev–Trinajstić information content (AvgIpc) is 2.66. The Kier molecular flexibility index (Phi) is 4.66. The Balaban J connectivity index is 2.31. The summed E-state index contributed by atoms with van der Waals surface area (Å²) in [6.07, 6.45) is 8.52. The van der Waals surface area contributed by atoms with Crippen LogP contribution < -0.4 is 0 Å². The van der Waals surface area contributed by atoms with E-state index in [9.17, 15) is 5.11 Å². The number of aromatic nitrogens is 2. The van der Waals surface area contributed by atoms with Crippen LogP contribution in [0.5, 0.6) is 0 Å². The summed E-state index contributed by atoms with van der Waals surface area (Å²) >= 11 is 0.